The number of benzene rings is 1. The van der Waals surface area contributed by atoms with Crippen LogP contribution in [0.15, 0.2) is 59.8 Å². The van der Waals surface area contributed by atoms with Crippen molar-refractivity contribution in [1.82, 2.24) is 0 Å². The monoisotopic (exact) mass is 434 g/mol. The van der Waals surface area contributed by atoms with Crippen LogP contribution >= 0.6 is 22.7 Å². The van der Waals surface area contributed by atoms with Crippen LogP contribution in [-0.4, -0.2) is 30.3 Å². The van der Waals surface area contributed by atoms with Crippen LogP contribution in [0.3, 0.4) is 0 Å². The van der Waals surface area contributed by atoms with Crippen LogP contribution in [0.1, 0.15) is 23.1 Å². The van der Waals surface area contributed by atoms with Crippen LogP contribution in [0.25, 0.3) is 11.1 Å². The van der Waals surface area contributed by atoms with Gasteiger partial charge in [-0.05, 0) is 41.4 Å². The number of anilines is 2. The molecule has 2 aromatic heterocycles. The minimum absolute atomic E-state index is 0.0615. The van der Waals surface area contributed by atoms with Gasteiger partial charge in [0.2, 0.25) is 0 Å². The van der Waals surface area contributed by atoms with E-state index >= 15 is 0 Å². The fourth-order valence-corrected chi connectivity index (χ4v) is 5.95. The van der Waals surface area contributed by atoms with Gasteiger partial charge in [0.05, 0.1) is 11.3 Å². The molecular formula is C24H22N2O2S2. The number of nitrogens with zero attached hydrogens (tertiary/aromatic N) is 2. The van der Waals surface area contributed by atoms with E-state index in [9.17, 15) is 9.90 Å². The molecule has 0 aliphatic carbocycles. The molecule has 0 spiro atoms. The summed E-state index contributed by atoms with van der Waals surface area (Å²) < 4.78 is 0. The Balaban J connectivity index is 1.84. The van der Waals surface area contributed by atoms with Crippen molar-refractivity contribution in [1.29, 1.82) is 0 Å². The first kappa shape index (κ1) is 19.3. The SMILES string of the molecule is C=CCN1c2cc3c(cc2=C(c2cccs2)C1O)N(CCC)C(=O)C=3c1cccs1. The molecule has 0 fully saturated rings. The van der Waals surface area contributed by atoms with Crippen molar-refractivity contribution < 1.29 is 9.90 Å². The molecule has 1 aromatic carbocycles. The second-order valence-electron chi connectivity index (χ2n) is 7.40. The highest BCUT2D eigenvalue weighted by Gasteiger charge is 2.35. The average Bonchev–Trinajstić information content (AvgIpc) is 3.51. The van der Waals surface area contributed by atoms with E-state index in [1.165, 1.54) is 0 Å². The molecule has 152 valence electrons. The first-order chi connectivity index (χ1) is 14.7. The van der Waals surface area contributed by atoms with E-state index in [0.717, 1.165) is 49.1 Å². The van der Waals surface area contributed by atoms with E-state index in [2.05, 4.69) is 25.6 Å². The predicted octanol–water partition coefficient (Wildman–Crippen LogP) is 3.29. The number of aliphatic hydroxyl groups is 1. The molecule has 1 amide bonds. The molecule has 0 saturated heterocycles. The smallest absolute Gasteiger partial charge is 0.260 e. The lowest BCUT2D eigenvalue weighted by Crippen LogP contribution is -2.33. The Kier molecular flexibility index (Phi) is 4.85. The van der Waals surface area contributed by atoms with Crippen molar-refractivity contribution in [3.63, 3.8) is 0 Å². The van der Waals surface area contributed by atoms with Gasteiger partial charge in [0.25, 0.3) is 5.91 Å². The second-order valence-corrected chi connectivity index (χ2v) is 9.30. The van der Waals surface area contributed by atoms with Crippen molar-refractivity contribution >= 4 is 51.1 Å². The van der Waals surface area contributed by atoms with Crippen molar-refractivity contribution in [2.24, 2.45) is 0 Å². The molecule has 6 heteroatoms. The molecule has 30 heavy (non-hydrogen) atoms. The number of thiophene rings is 2. The Morgan fingerprint density at radius 2 is 1.80 bits per heavy atom. The molecule has 4 nitrogen and oxygen atoms in total. The number of carbonyl (C=O) groups is 1. The van der Waals surface area contributed by atoms with E-state index in [1.54, 1.807) is 28.7 Å². The van der Waals surface area contributed by atoms with Gasteiger partial charge in [-0.2, -0.15) is 0 Å². The first-order valence-corrected chi connectivity index (χ1v) is 11.8. The van der Waals surface area contributed by atoms with Gasteiger partial charge in [-0.15, -0.1) is 29.3 Å². The zero-order valence-corrected chi connectivity index (χ0v) is 18.3. The molecule has 0 radical (unpaired) electrons. The summed E-state index contributed by atoms with van der Waals surface area (Å²) in [7, 11) is 0. The highest BCUT2D eigenvalue weighted by molar-refractivity contribution is 7.11. The maximum absolute atomic E-state index is 13.4. The van der Waals surface area contributed by atoms with Crippen LogP contribution in [0.5, 0.6) is 0 Å². The Morgan fingerprint density at radius 1 is 1.10 bits per heavy atom. The maximum atomic E-state index is 13.4. The number of carbonyl (C=O) groups excluding carboxylic acids is 1. The fraction of sp³-hybridized carbons (Fsp3) is 0.208. The molecule has 1 unspecified atom stereocenters. The number of amides is 1. The van der Waals surface area contributed by atoms with Gasteiger partial charge >= 0.3 is 0 Å². The number of rotatable bonds is 6. The number of fused-ring (bicyclic) bond motifs is 2. The maximum Gasteiger partial charge on any atom is 0.260 e. The summed E-state index contributed by atoms with van der Waals surface area (Å²) in [5.74, 6) is 0.0615. The predicted molar refractivity (Wildman–Crippen MR) is 126 cm³/mol. The van der Waals surface area contributed by atoms with Crippen molar-refractivity contribution in [3.8, 4) is 0 Å². The number of aliphatic hydroxyl groups excluding tert-OH is 1. The highest BCUT2D eigenvalue weighted by atomic mass is 32.1. The highest BCUT2D eigenvalue weighted by Crippen LogP contribution is 2.34. The molecule has 4 heterocycles. The molecular weight excluding hydrogens is 412 g/mol. The molecule has 0 saturated carbocycles. The summed E-state index contributed by atoms with van der Waals surface area (Å²) >= 11 is 3.20. The summed E-state index contributed by atoms with van der Waals surface area (Å²) in [5, 5.41) is 17.1. The standard InChI is InChI=1S/C24H22N2O2S2/c1-3-9-25-17-13-16-18(14-15(17)21(23(25)27)19-7-5-11-29-19)26(10-4-2)24(28)22(16)20-8-6-12-30-20/h3,5-8,11-14,23,27H,1,4,9-10H2,2H3. The lowest BCUT2D eigenvalue weighted by atomic mass is 10.1. The summed E-state index contributed by atoms with van der Waals surface area (Å²) in [6.45, 7) is 7.16. The van der Waals surface area contributed by atoms with Gasteiger partial charge in [-0.25, -0.2) is 0 Å². The molecule has 1 N–H and O–H groups in total. The third-order valence-corrected chi connectivity index (χ3v) is 7.40. The lowest BCUT2D eigenvalue weighted by molar-refractivity contribution is -0.113. The van der Waals surface area contributed by atoms with Crippen LogP contribution in [0.2, 0.25) is 0 Å². The third-order valence-electron chi connectivity index (χ3n) is 5.61. The van der Waals surface area contributed by atoms with Crippen LogP contribution < -0.4 is 20.2 Å². The van der Waals surface area contributed by atoms with Gasteiger partial charge in [-0.1, -0.05) is 25.1 Å². The topological polar surface area (TPSA) is 43.8 Å². The van der Waals surface area contributed by atoms with Gasteiger partial charge < -0.3 is 14.9 Å². The van der Waals surface area contributed by atoms with Crippen molar-refractivity contribution in [2.75, 3.05) is 22.9 Å². The number of hydrogen-bond acceptors (Lipinski definition) is 5. The number of hydrogen-bond donors (Lipinski definition) is 1. The van der Waals surface area contributed by atoms with E-state index in [-0.39, 0.29) is 5.91 Å². The molecule has 1 atom stereocenters. The summed E-state index contributed by atoms with van der Waals surface area (Å²) in [5.41, 5.74) is 3.54. The Bertz CT molecular complexity index is 1240. The first-order valence-electron chi connectivity index (χ1n) is 10.0. The van der Waals surface area contributed by atoms with E-state index in [4.69, 9.17) is 0 Å². The van der Waals surface area contributed by atoms with E-state index < -0.39 is 6.23 Å². The zero-order chi connectivity index (χ0) is 20.8. The minimum atomic E-state index is -0.736. The lowest BCUT2D eigenvalue weighted by Gasteiger charge is -2.24. The molecule has 2 aliphatic heterocycles. The van der Waals surface area contributed by atoms with Crippen LogP contribution in [0, 0.1) is 0 Å². The molecule has 3 aromatic rings. The van der Waals surface area contributed by atoms with Crippen molar-refractivity contribution in [3.05, 3.63) is 80.0 Å². The zero-order valence-electron chi connectivity index (χ0n) is 16.7. The Labute approximate surface area is 183 Å². The Morgan fingerprint density at radius 3 is 2.43 bits per heavy atom. The van der Waals surface area contributed by atoms with Crippen LogP contribution in [0.4, 0.5) is 11.4 Å². The fourth-order valence-electron chi connectivity index (χ4n) is 4.37. The largest absolute Gasteiger partial charge is 0.369 e. The summed E-state index contributed by atoms with van der Waals surface area (Å²) in [6.07, 6.45) is 1.95. The molecule has 5 rings (SSSR count). The quantitative estimate of drug-likeness (QED) is 0.606. The van der Waals surface area contributed by atoms with Gasteiger partial charge in [0, 0.05) is 44.5 Å². The minimum Gasteiger partial charge on any atom is -0.369 e. The molecule has 0 bridgehead atoms. The van der Waals surface area contributed by atoms with E-state index in [1.807, 2.05) is 44.8 Å². The molecule has 2 aliphatic rings. The third kappa shape index (κ3) is 2.79. The summed E-state index contributed by atoms with van der Waals surface area (Å²) in [4.78, 5) is 19.2. The van der Waals surface area contributed by atoms with Gasteiger partial charge in [-0.3, -0.25) is 4.79 Å². The van der Waals surface area contributed by atoms with E-state index in [0.29, 0.717) is 13.1 Å². The van der Waals surface area contributed by atoms with Crippen molar-refractivity contribution in [2.45, 2.75) is 19.6 Å². The second kappa shape index (κ2) is 7.54. The van der Waals surface area contributed by atoms with Crippen LogP contribution in [-0.2, 0) is 4.79 Å². The normalized spacial score (nSPS) is 17.7. The Hall–Kier alpha value is -2.67. The van der Waals surface area contributed by atoms with Gasteiger partial charge in [0.1, 0.15) is 0 Å². The average molecular weight is 435 g/mol. The summed E-state index contributed by atoms with van der Waals surface area (Å²) in [6, 6.07) is 12.2. The van der Waals surface area contributed by atoms with Gasteiger partial charge in [0.15, 0.2) is 6.23 Å².